The van der Waals surface area contributed by atoms with Crippen LogP contribution < -0.4 is 10.5 Å². The Morgan fingerprint density at radius 2 is 1.61 bits per heavy atom. The fourth-order valence-electron chi connectivity index (χ4n) is 1.18. The van der Waals surface area contributed by atoms with Crippen LogP contribution in [0.5, 0.6) is 0 Å². The van der Waals surface area contributed by atoms with E-state index in [0.717, 1.165) is 0 Å². The molecule has 0 atom stereocenters. The SMILES string of the molecule is Nc1ccc(S(=O)(=O)Nc2ncccn2)cc1.[NaH]. The summed E-state index contributed by atoms with van der Waals surface area (Å²) in [5.41, 5.74) is 5.98. The first-order valence-corrected chi connectivity index (χ1v) is 6.22. The second-order valence-electron chi connectivity index (χ2n) is 3.25. The molecule has 0 saturated carbocycles. The Morgan fingerprint density at radius 3 is 2.17 bits per heavy atom. The van der Waals surface area contributed by atoms with Gasteiger partial charge in [-0.15, -0.1) is 0 Å². The number of nitrogens with zero attached hydrogens (tertiary/aromatic N) is 2. The maximum atomic E-state index is 11.9. The number of hydrogen-bond donors (Lipinski definition) is 2. The molecule has 0 fully saturated rings. The van der Waals surface area contributed by atoms with E-state index in [-0.39, 0.29) is 40.4 Å². The van der Waals surface area contributed by atoms with Gasteiger partial charge in [-0.2, -0.15) is 0 Å². The topological polar surface area (TPSA) is 98.0 Å². The van der Waals surface area contributed by atoms with Crippen molar-refractivity contribution in [1.82, 2.24) is 9.97 Å². The van der Waals surface area contributed by atoms with Crippen molar-refractivity contribution in [3.05, 3.63) is 42.7 Å². The molecule has 3 N–H and O–H groups in total. The molecule has 1 heterocycles. The van der Waals surface area contributed by atoms with Crippen molar-refractivity contribution in [2.24, 2.45) is 0 Å². The van der Waals surface area contributed by atoms with E-state index in [9.17, 15) is 8.42 Å². The predicted molar refractivity (Wildman–Crippen MR) is 70.8 cm³/mol. The van der Waals surface area contributed by atoms with Crippen LogP contribution in [-0.2, 0) is 10.0 Å². The molecule has 0 radical (unpaired) electrons. The zero-order valence-corrected chi connectivity index (χ0v) is 9.55. The summed E-state index contributed by atoms with van der Waals surface area (Å²) in [5.74, 6) is 0.0318. The van der Waals surface area contributed by atoms with Gasteiger partial charge >= 0.3 is 29.6 Å². The summed E-state index contributed by atoms with van der Waals surface area (Å²) in [6.45, 7) is 0. The van der Waals surface area contributed by atoms with Crippen molar-refractivity contribution in [2.45, 2.75) is 4.90 Å². The molecule has 0 aliphatic rings. The Morgan fingerprint density at radius 1 is 1.06 bits per heavy atom. The van der Waals surface area contributed by atoms with Crippen LogP contribution in [0.15, 0.2) is 47.6 Å². The average Bonchev–Trinajstić information content (AvgIpc) is 2.30. The fraction of sp³-hybridized carbons (Fsp3) is 0. The first kappa shape index (κ1) is 14.9. The van der Waals surface area contributed by atoms with E-state index in [2.05, 4.69) is 14.7 Å². The van der Waals surface area contributed by atoms with Crippen LogP contribution in [0.3, 0.4) is 0 Å². The van der Waals surface area contributed by atoms with Gasteiger partial charge in [0.2, 0.25) is 5.95 Å². The van der Waals surface area contributed by atoms with Crippen LogP contribution in [0.4, 0.5) is 11.6 Å². The molecule has 1 aromatic carbocycles. The van der Waals surface area contributed by atoms with Crippen molar-refractivity contribution in [2.75, 3.05) is 10.5 Å². The monoisotopic (exact) mass is 274 g/mol. The van der Waals surface area contributed by atoms with Gasteiger partial charge in [0.05, 0.1) is 4.90 Å². The van der Waals surface area contributed by atoms with E-state index < -0.39 is 10.0 Å². The van der Waals surface area contributed by atoms with E-state index in [1.165, 1.54) is 36.7 Å². The van der Waals surface area contributed by atoms with Crippen LogP contribution in [0.25, 0.3) is 0 Å². The molecule has 0 saturated heterocycles. The molecule has 0 aliphatic heterocycles. The second-order valence-corrected chi connectivity index (χ2v) is 4.93. The molecule has 90 valence electrons. The number of anilines is 2. The van der Waals surface area contributed by atoms with Gasteiger partial charge in [0.25, 0.3) is 10.0 Å². The van der Waals surface area contributed by atoms with Gasteiger partial charge in [0.15, 0.2) is 0 Å². The zero-order valence-electron chi connectivity index (χ0n) is 8.74. The molecule has 0 aliphatic carbocycles. The second kappa shape index (κ2) is 6.14. The number of nitrogens with one attached hydrogen (secondary N) is 1. The molecule has 2 rings (SSSR count). The Labute approximate surface area is 127 Å². The molecular formula is C10H11N4NaO2S. The average molecular weight is 274 g/mol. The molecule has 0 unspecified atom stereocenters. The fourth-order valence-corrected chi connectivity index (χ4v) is 2.14. The van der Waals surface area contributed by atoms with E-state index in [1.807, 2.05) is 0 Å². The van der Waals surface area contributed by atoms with E-state index in [1.54, 1.807) is 6.07 Å². The molecule has 0 spiro atoms. The van der Waals surface area contributed by atoms with E-state index >= 15 is 0 Å². The molecular weight excluding hydrogens is 263 g/mol. The van der Waals surface area contributed by atoms with Gasteiger partial charge in [-0.1, -0.05) is 0 Å². The predicted octanol–water partition coefficient (Wildman–Crippen LogP) is 0.211. The zero-order chi connectivity index (χ0) is 12.3. The third-order valence-corrected chi connectivity index (χ3v) is 3.33. The van der Waals surface area contributed by atoms with E-state index in [4.69, 9.17) is 5.73 Å². The third kappa shape index (κ3) is 3.67. The van der Waals surface area contributed by atoms with Crippen molar-refractivity contribution in [1.29, 1.82) is 0 Å². The Kier molecular flexibility index (Phi) is 5.09. The van der Waals surface area contributed by atoms with Crippen LogP contribution in [0.2, 0.25) is 0 Å². The van der Waals surface area contributed by atoms with Crippen LogP contribution >= 0.6 is 0 Å². The number of benzene rings is 1. The van der Waals surface area contributed by atoms with Gasteiger partial charge in [-0.3, -0.25) is 0 Å². The number of hydrogen-bond acceptors (Lipinski definition) is 5. The molecule has 0 bridgehead atoms. The number of aromatic nitrogens is 2. The van der Waals surface area contributed by atoms with Crippen molar-refractivity contribution < 1.29 is 8.42 Å². The van der Waals surface area contributed by atoms with Crippen molar-refractivity contribution in [3.8, 4) is 0 Å². The van der Waals surface area contributed by atoms with E-state index in [0.29, 0.717) is 5.69 Å². The van der Waals surface area contributed by atoms with Gasteiger partial charge in [0.1, 0.15) is 0 Å². The summed E-state index contributed by atoms with van der Waals surface area (Å²) in [7, 11) is -3.66. The van der Waals surface area contributed by atoms with Gasteiger partial charge in [-0.25, -0.2) is 23.1 Å². The molecule has 8 heteroatoms. The minimum absolute atomic E-state index is 0. The molecule has 1 aromatic heterocycles. The summed E-state index contributed by atoms with van der Waals surface area (Å²) in [6, 6.07) is 7.46. The summed E-state index contributed by atoms with van der Waals surface area (Å²) in [5, 5.41) is 0. The van der Waals surface area contributed by atoms with Crippen molar-refractivity contribution >= 4 is 51.2 Å². The number of sulfonamides is 1. The van der Waals surface area contributed by atoms with Gasteiger partial charge < -0.3 is 5.73 Å². The standard InChI is InChI=1S/C10H10N4O2S.Na.H/c11-8-2-4-9(5-3-8)17(15,16)14-10-12-6-1-7-13-10;;/h1-7H,11H2,(H,12,13,14);;. The molecule has 18 heavy (non-hydrogen) atoms. The molecule has 0 amide bonds. The Bertz CT molecular complexity index is 602. The normalized spacial score (nSPS) is 10.4. The summed E-state index contributed by atoms with van der Waals surface area (Å²) in [6.07, 6.45) is 2.90. The number of nitrogens with two attached hydrogens (primary N) is 1. The maximum absolute atomic E-state index is 11.9. The molecule has 2 aromatic rings. The quantitative estimate of drug-likeness (QED) is 0.616. The Balaban J connectivity index is 0.00000162. The van der Waals surface area contributed by atoms with Crippen molar-refractivity contribution in [3.63, 3.8) is 0 Å². The summed E-state index contributed by atoms with van der Waals surface area (Å²) in [4.78, 5) is 7.67. The Hall–Kier alpha value is -1.15. The van der Waals surface area contributed by atoms with Gasteiger partial charge in [0, 0.05) is 18.1 Å². The van der Waals surface area contributed by atoms with Crippen LogP contribution in [0.1, 0.15) is 0 Å². The summed E-state index contributed by atoms with van der Waals surface area (Å²) >= 11 is 0. The van der Waals surface area contributed by atoms with Crippen LogP contribution in [0, 0.1) is 0 Å². The molecule has 6 nitrogen and oxygen atoms in total. The first-order valence-electron chi connectivity index (χ1n) is 4.73. The minimum atomic E-state index is -3.66. The first-order chi connectivity index (χ1) is 8.08. The third-order valence-electron chi connectivity index (χ3n) is 1.98. The number of rotatable bonds is 3. The van der Waals surface area contributed by atoms with Crippen LogP contribution in [-0.4, -0.2) is 47.9 Å². The number of nitrogen functional groups attached to an aromatic ring is 1. The van der Waals surface area contributed by atoms with Gasteiger partial charge in [-0.05, 0) is 30.3 Å². The summed E-state index contributed by atoms with van der Waals surface area (Å²) < 4.78 is 26.0.